The number of aromatic hydroxyl groups is 1. The monoisotopic (exact) mass is 648 g/mol. The minimum atomic E-state index is -0.907. The van der Waals surface area contributed by atoms with E-state index in [2.05, 4.69) is 22.4 Å². The van der Waals surface area contributed by atoms with Crippen LogP contribution in [-0.4, -0.2) is 83.8 Å². The molecule has 0 saturated carbocycles. The van der Waals surface area contributed by atoms with Gasteiger partial charge in [-0.25, -0.2) is 0 Å². The standard InChI is InChI=1S/C33H36N4O8S/c1-6-7-36-19-9-17-8-14(2)28(41-5)27(39)22(17)25(36)26-32-24-23(31-30(43-13-44-31)15(3)29(24)45-16(4)38)21(37(26)20(19)10-34)11-42-33(40)18(35)12-46-32/h6,8,18-21,25-26,32,39H,1,7,9,11-13,35H2,2-5H3/t18-,19-,20-,21-,25+,26+,32+/m0/s1. The largest absolute Gasteiger partial charge is 0.504 e. The molecule has 0 aromatic heterocycles. The molecule has 7 atom stereocenters. The van der Waals surface area contributed by atoms with Crippen LogP contribution in [0, 0.1) is 25.2 Å². The Balaban J connectivity index is 1.58. The quantitative estimate of drug-likeness (QED) is 0.284. The Morgan fingerprint density at radius 3 is 2.70 bits per heavy atom. The molecule has 0 amide bonds. The molecule has 2 aromatic carbocycles. The number of hydrogen-bond donors (Lipinski definition) is 2. The summed E-state index contributed by atoms with van der Waals surface area (Å²) in [5.74, 6) is 0.861. The first-order valence-corrected chi connectivity index (χ1v) is 16.3. The number of ether oxygens (including phenoxy) is 5. The number of fused-ring (bicyclic) bond motifs is 9. The van der Waals surface area contributed by atoms with Gasteiger partial charge in [0.1, 0.15) is 24.4 Å². The normalized spacial score (nSPS) is 29.5. The molecule has 46 heavy (non-hydrogen) atoms. The molecule has 0 unspecified atom stereocenters. The maximum absolute atomic E-state index is 13.0. The fourth-order valence-electron chi connectivity index (χ4n) is 8.23. The van der Waals surface area contributed by atoms with Crippen LogP contribution < -0.4 is 24.7 Å². The first-order chi connectivity index (χ1) is 22.1. The van der Waals surface area contributed by atoms with Crippen LogP contribution in [0.15, 0.2) is 18.7 Å². The molecule has 3 N–H and O–H groups in total. The Labute approximate surface area is 270 Å². The highest BCUT2D eigenvalue weighted by atomic mass is 32.2. The van der Waals surface area contributed by atoms with Crippen molar-refractivity contribution in [2.45, 2.75) is 68.7 Å². The lowest BCUT2D eigenvalue weighted by Crippen LogP contribution is -2.70. The van der Waals surface area contributed by atoms with Gasteiger partial charge in [0.15, 0.2) is 23.0 Å². The van der Waals surface area contributed by atoms with Gasteiger partial charge in [-0.1, -0.05) is 12.1 Å². The number of carbonyl (C=O) groups is 2. The van der Waals surface area contributed by atoms with Gasteiger partial charge in [0, 0.05) is 53.6 Å². The summed E-state index contributed by atoms with van der Waals surface area (Å²) in [6, 6.07) is 1.15. The van der Waals surface area contributed by atoms with Gasteiger partial charge in [-0.2, -0.15) is 5.26 Å². The minimum absolute atomic E-state index is 0.0365. The molecule has 0 radical (unpaired) electrons. The zero-order chi connectivity index (χ0) is 32.6. The summed E-state index contributed by atoms with van der Waals surface area (Å²) in [7, 11) is 1.53. The summed E-state index contributed by atoms with van der Waals surface area (Å²) in [6.07, 6.45) is 2.30. The molecule has 12 nitrogen and oxygen atoms in total. The second-order valence-corrected chi connectivity index (χ2v) is 13.5. The predicted octanol–water partition coefficient (Wildman–Crippen LogP) is 3.12. The molecule has 0 spiro atoms. The van der Waals surface area contributed by atoms with Crippen LogP contribution in [0.2, 0.25) is 0 Å². The third-order valence-electron chi connectivity index (χ3n) is 9.85. The maximum Gasteiger partial charge on any atom is 0.323 e. The lowest BCUT2D eigenvalue weighted by Gasteiger charge is -2.62. The predicted molar refractivity (Wildman–Crippen MR) is 167 cm³/mol. The van der Waals surface area contributed by atoms with Crippen molar-refractivity contribution in [2.75, 3.05) is 32.8 Å². The van der Waals surface area contributed by atoms with Crippen molar-refractivity contribution < 1.29 is 38.4 Å². The van der Waals surface area contributed by atoms with Crippen molar-refractivity contribution in [3.05, 3.63) is 52.1 Å². The van der Waals surface area contributed by atoms with Crippen LogP contribution in [0.25, 0.3) is 0 Å². The van der Waals surface area contributed by atoms with Gasteiger partial charge in [-0.15, -0.1) is 18.3 Å². The first kappa shape index (κ1) is 30.7. The molecular formula is C33H36N4O8S. The molecule has 7 rings (SSSR count). The van der Waals surface area contributed by atoms with Gasteiger partial charge in [0.25, 0.3) is 0 Å². The summed E-state index contributed by atoms with van der Waals surface area (Å²) < 4.78 is 29.6. The second-order valence-electron chi connectivity index (χ2n) is 12.3. The lowest BCUT2D eigenvalue weighted by molar-refractivity contribution is -0.150. The summed E-state index contributed by atoms with van der Waals surface area (Å²) in [5, 5.41) is 22.3. The van der Waals surface area contributed by atoms with Crippen molar-refractivity contribution in [1.82, 2.24) is 9.80 Å². The molecular weight excluding hydrogens is 612 g/mol. The maximum atomic E-state index is 13.0. The fourth-order valence-corrected chi connectivity index (χ4v) is 9.67. The molecule has 2 aromatic rings. The van der Waals surface area contributed by atoms with E-state index in [0.717, 1.165) is 11.1 Å². The Hall–Kier alpha value is -3.96. The van der Waals surface area contributed by atoms with Crippen LogP contribution in [0.3, 0.4) is 0 Å². The van der Waals surface area contributed by atoms with E-state index in [1.54, 1.807) is 6.08 Å². The number of benzene rings is 2. The third-order valence-corrected chi connectivity index (χ3v) is 11.3. The molecule has 13 heteroatoms. The first-order valence-electron chi connectivity index (χ1n) is 15.2. The molecule has 2 saturated heterocycles. The molecule has 242 valence electrons. The highest BCUT2D eigenvalue weighted by molar-refractivity contribution is 7.99. The number of cyclic esters (lactones) is 1. The smallest absolute Gasteiger partial charge is 0.323 e. The Morgan fingerprint density at radius 2 is 2.00 bits per heavy atom. The zero-order valence-electron chi connectivity index (χ0n) is 26.1. The van der Waals surface area contributed by atoms with E-state index in [1.165, 1.54) is 25.8 Å². The van der Waals surface area contributed by atoms with Gasteiger partial charge >= 0.3 is 11.9 Å². The third kappa shape index (κ3) is 4.31. The number of nitrogens with two attached hydrogens (primary N) is 1. The number of carbonyl (C=O) groups excluding carboxylic acids is 2. The SMILES string of the molecule is C=CCN1[C@@H]2c3c(cc(C)c(OC)c3O)C[C@H]1[C@H](C#N)N1[C@H]2[C@@H]2SC[C@H](N)C(=O)OC[C@H]1c1c3c(c(C)c(OC(C)=O)c12)OCO3. The van der Waals surface area contributed by atoms with Gasteiger partial charge < -0.3 is 34.5 Å². The van der Waals surface area contributed by atoms with Crippen LogP contribution in [-0.2, 0) is 20.7 Å². The summed E-state index contributed by atoms with van der Waals surface area (Å²) in [5.41, 5.74) is 10.8. The van der Waals surface area contributed by atoms with Crippen molar-refractivity contribution in [3.8, 4) is 34.8 Å². The summed E-state index contributed by atoms with van der Waals surface area (Å²) >= 11 is 1.43. The highest BCUT2D eigenvalue weighted by Crippen LogP contribution is 2.64. The van der Waals surface area contributed by atoms with E-state index in [9.17, 15) is 20.0 Å². The number of thioether (sulfide) groups is 1. The number of aryl methyl sites for hydroxylation is 1. The van der Waals surface area contributed by atoms with Crippen LogP contribution in [0.1, 0.15) is 57.6 Å². The topological polar surface area (TPSA) is 157 Å². The molecule has 4 bridgehead atoms. The second kappa shape index (κ2) is 11.4. The number of piperazine rings is 1. The van der Waals surface area contributed by atoms with Gasteiger partial charge in [0.2, 0.25) is 6.79 Å². The minimum Gasteiger partial charge on any atom is -0.504 e. The molecule has 5 aliphatic heterocycles. The van der Waals surface area contributed by atoms with Crippen molar-refractivity contribution in [3.63, 3.8) is 0 Å². The number of methoxy groups -OCH3 is 1. The van der Waals surface area contributed by atoms with Crippen LogP contribution >= 0.6 is 11.8 Å². The number of phenolic OH excluding ortho intramolecular Hbond substituents is 1. The fraction of sp³-hybridized carbons (Fsp3) is 0.485. The van der Waals surface area contributed by atoms with E-state index >= 15 is 0 Å². The van der Waals surface area contributed by atoms with Crippen molar-refractivity contribution >= 4 is 23.7 Å². The molecule has 5 heterocycles. The summed E-state index contributed by atoms with van der Waals surface area (Å²) in [4.78, 5) is 30.0. The number of nitrogens with zero attached hydrogens (tertiary/aromatic N) is 3. The van der Waals surface area contributed by atoms with Gasteiger partial charge in [0.05, 0.1) is 30.5 Å². The van der Waals surface area contributed by atoms with Crippen LogP contribution in [0.5, 0.6) is 28.7 Å². The Kier molecular flexibility index (Phi) is 7.59. The molecule has 2 fully saturated rings. The lowest BCUT2D eigenvalue weighted by atomic mass is 9.71. The number of phenols is 1. The molecule has 0 aliphatic carbocycles. The van der Waals surface area contributed by atoms with Gasteiger partial charge in [-0.05, 0) is 31.4 Å². The van der Waals surface area contributed by atoms with E-state index in [4.69, 9.17) is 29.4 Å². The van der Waals surface area contributed by atoms with Crippen molar-refractivity contribution in [1.29, 1.82) is 5.26 Å². The van der Waals surface area contributed by atoms with E-state index in [1.807, 2.05) is 19.9 Å². The Bertz CT molecular complexity index is 1710. The number of esters is 2. The van der Waals surface area contributed by atoms with E-state index in [0.29, 0.717) is 58.2 Å². The highest BCUT2D eigenvalue weighted by Gasteiger charge is 2.61. The van der Waals surface area contributed by atoms with E-state index < -0.39 is 47.4 Å². The van der Waals surface area contributed by atoms with Crippen molar-refractivity contribution in [2.24, 2.45) is 5.73 Å². The Morgan fingerprint density at radius 1 is 1.24 bits per heavy atom. The van der Waals surface area contributed by atoms with Crippen LogP contribution in [0.4, 0.5) is 0 Å². The number of hydrogen-bond acceptors (Lipinski definition) is 13. The molecule has 5 aliphatic rings. The van der Waals surface area contributed by atoms with Gasteiger partial charge in [-0.3, -0.25) is 19.4 Å². The van der Waals surface area contributed by atoms with E-state index in [-0.39, 0.29) is 30.9 Å². The average Bonchev–Trinajstić information content (AvgIpc) is 3.51. The summed E-state index contributed by atoms with van der Waals surface area (Å²) in [6.45, 7) is 9.38. The zero-order valence-corrected chi connectivity index (χ0v) is 26.9. The number of nitriles is 1. The number of rotatable bonds is 4. The average molecular weight is 649 g/mol.